The zero-order chi connectivity index (χ0) is 17.7. The molecule has 0 saturated heterocycles. The Morgan fingerprint density at radius 1 is 0.880 bits per heavy atom. The fourth-order valence-electron chi connectivity index (χ4n) is 2.60. The van der Waals surface area contributed by atoms with Crippen LogP contribution in [0.1, 0.15) is 11.1 Å². The Kier molecular flexibility index (Phi) is 5.98. The van der Waals surface area contributed by atoms with Crippen molar-refractivity contribution in [2.45, 2.75) is 0 Å². The molecule has 1 aliphatic heterocycles. The van der Waals surface area contributed by atoms with Gasteiger partial charge in [0.25, 0.3) is 0 Å². The van der Waals surface area contributed by atoms with Gasteiger partial charge in [-0.2, -0.15) is 0 Å². The van der Waals surface area contributed by atoms with Crippen LogP contribution in [0, 0.1) is 0 Å². The normalized spacial score (nSPS) is 16.4. The SMILES string of the molecule is C[NH+](C)CCNP1(=O)C=C(c2ccccc2)SC(c2ccccc2)=C1. The average Bonchev–Trinajstić information content (AvgIpc) is 2.62. The highest BCUT2D eigenvalue weighted by atomic mass is 32.2. The van der Waals surface area contributed by atoms with Gasteiger partial charge < -0.3 is 4.90 Å². The standard InChI is InChI=1S/C20H23N2OPS/c1-22(2)14-13-21-24(23)15-19(17-9-5-3-6-10-17)25-20(16-24)18-11-7-4-8-12-18/h3-12,15-16H,13-14H2,1-2H3,(H,21,23)/p+1. The third-order valence-corrected chi connectivity index (χ3v) is 7.44. The Balaban J connectivity index is 1.94. The molecule has 0 aliphatic carbocycles. The van der Waals surface area contributed by atoms with Crippen LogP contribution in [0.15, 0.2) is 72.3 Å². The van der Waals surface area contributed by atoms with Gasteiger partial charge in [0.1, 0.15) is 0 Å². The second-order valence-electron chi connectivity index (χ2n) is 6.40. The van der Waals surface area contributed by atoms with Gasteiger partial charge in [0.15, 0.2) is 7.29 Å². The van der Waals surface area contributed by atoms with Gasteiger partial charge in [-0.15, -0.1) is 0 Å². The Bertz CT molecular complexity index is 757. The second kappa shape index (κ2) is 8.20. The molecule has 25 heavy (non-hydrogen) atoms. The Hall–Kier alpha value is -1.58. The molecule has 0 spiro atoms. The van der Waals surface area contributed by atoms with Gasteiger partial charge in [0.2, 0.25) is 0 Å². The highest BCUT2D eigenvalue weighted by molar-refractivity contribution is 8.17. The number of rotatable bonds is 6. The van der Waals surface area contributed by atoms with Crippen molar-refractivity contribution in [1.29, 1.82) is 0 Å². The lowest BCUT2D eigenvalue weighted by Gasteiger charge is -2.22. The van der Waals surface area contributed by atoms with E-state index in [1.807, 2.05) is 48.0 Å². The summed E-state index contributed by atoms with van der Waals surface area (Å²) in [5, 5.41) is 3.30. The van der Waals surface area contributed by atoms with Gasteiger partial charge >= 0.3 is 0 Å². The summed E-state index contributed by atoms with van der Waals surface area (Å²) in [6.45, 7) is 1.65. The van der Waals surface area contributed by atoms with Crippen molar-refractivity contribution in [1.82, 2.24) is 5.09 Å². The van der Waals surface area contributed by atoms with Crippen LogP contribution < -0.4 is 9.99 Å². The van der Waals surface area contributed by atoms with Crippen molar-refractivity contribution in [3.63, 3.8) is 0 Å². The molecular formula is C20H24N2OPS+. The minimum Gasteiger partial charge on any atom is -0.339 e. The molecule has 1 heterocycles. The summed E-state index contributed by atoms with van der Waals surface area (Å²) in [5.41, 5.74) is 2.21. The molecule has 2 aromatic carbocycles. The lowest BCUT2D eigenvalue weighted by atomic mass is 10.2. The summed E-state index contributed by atoms with van der Waals surface area (Å²) in [6.07, 6.45) is 0. The van der Waals surface area contributed by atoms with E-state index in [2.05, 4.69) is 43.4 Å². The van der Waals surface area contributed by atoms with Gasteiger partial charge in [0.05, 0.1) is 27.2 Å². The summed E-state index contributed by atoms with van der Waals surface area (Å²) in [7, 11) is 1.48. The van der Waals surface area contributed by atoms with Gasteiger partial charge in [0, 0.05) is 21.4 Å². The molecule has 2 aromatic rings. The van der Waals surface area contributed by atoms with Crippen LogP contribution in [0.2, 0.25) is 0 Å². The van der Waals surface area contributed by atoms with Crippen LogP contribution in [0.3, 0.4) is 0 Å². The average molecular weight is 371 g/mol. The van der Waals surface area contributed by atoms with Gasteiger partial charge in [-0.1, -0.05) is 72.4 Å². The molecule has 0 atom stereocenters. The molecule has 0 unspecified atom stereocenters. The number of nitrogens with one attached hydrogen (secondary N) is 2. The van der Waals surface area contributed by atoms with Crippen molar-refractivity contribution in [3.05, 3.63) is 83.4 Å². The highest BCUT2D eigenvalue weighted by Crippen LogP contribution is 2.58. The molecule has 2 N–H and O–H groups in total. The van der Waals surface area contributed by atoms with Gasteiger partial charge in [-0.25, -0.2) is 0 Å². The van der Waals surface area contributed by atoms with Crippen LogP contribution in [0.5, 0.6) is 0 Å². The number of likely N-dealkylation sites (N-methyl/N-ethyl adjacent to an activating group) is 1. The first-order valence-corrected chi connectivity index (χ1v) is 11.1. The van der Waals surface area contributed by atoms with Crippen molar-refractivity contribution in [2.75, 3.05) is 27.2 Å². The third-order valence-electron chi connectivity index (χ3n) is 3.94. The first-order chi connectivity index (χ1) is 12.1. The van der Waals surface area contributed by atoms with Gasteiger partial charge in [-0.05, 0) is 11.1 Å². The van der Waals surface area contributed by atoms with E-state index < -0.39 is 7.29 Å². The summed E-state index contributed by atoms with van der Waals surface area (Å²) in [4.78, 5) is 3.44. The zero-order valence-electron chi connectivity index (χ0n) is 14.6. The Morgan fingerprint density at radius 2 is 1.36 bits per heavy atom. The van der Waals surface area contributed by atoms with Crippen LogP contribution in [0.4, 0.5) is 0 Å². The monoisotopic (exact) mass is 371 g/mol. The lowest BCUT2D eigenvalue weighted by molar-refractivity contribution is -0.856. The molecule has 0 bridgehead atoms. The maximum atomic E-state index is 13.5. The lowest BCUT2D eigenvalue weighted by Crippen LogP contribution is -3.06. The summed E-state index contributed by atoms with van der Waals surface area (Å²) in [6, 6.07) is 20.4. The predicted octanol–water partition coefficient (Wildman–Crippen LogP) is 3.74. The van der Waals surface area contributed by atoms with Crippen LogP contribution in [-0.2, 0) is 4.57 Å². The van der Waals surface area contributed by atoms with Crippen molar-refractivity contribution in [2.24, 2.45) is 0 Å². The van der Waals surface area contributed by atoms with Crippen molar-refractivity contribution < 1.29 is 9.46 Å². The fourth-order valence-corrected chi connectivity index (χ4v) is 6.42. The molecule has 0 amide bonds. The maximum Gasteiger partial charge on any atom is 0.193 e. The number of benzene rings is 2. The van der Waals surface area contributed by atoms with Crippen LogP contribution >= 0.6 is 19.1 Å². The number of thioether (sulfide) groups is 1. The highest BCUT2D eigenvalue weighted by Gasteiger charge is 2.25. The van der Waals surface area contributed by atoms with Gasteiger partial charge in [-0.3, -0.25) is 9.65 Å². The summed E-state index contributed by atoms with van der Waals surface area (Å²) >= 11 is 1.68. The van der Waals surface area contributed by atoms with E-state index in [1.165, 1.54) is 4.90 Å². The molecule has 5 heteroatoms. The third kappa shape index (κ3) is 4.96. The summed E-state index contributed by atoms with van der Waals surface area (Å²) in [5.74, 6) is 3.84. The Labute approximate surface area is 154 Å². The molecule has 3 rings (SSSR count). The maximum absolute atomic E-state index is 13.5. The fraction of sp³-hybridized carbons (Fsp3) is 0.200. The van der Waals surface area contributed by atoms with Crippen molar-refractivity contribution >= 4 is 28.9 Å². The Morgan fingerprint density at radius 3 is 1.80 bits per heavy atom. The second-order valence-corrected chi connectivity index (χ2v) is 9.73. The molecule has 0 saturated carbocycles. The minimum absolute atomic E-state index is 0.724. The number of hydrogen-bond donors (Lipinski definition) is 2. The largest absolute Gasteiger partial charge is 0.339 e. The first-order valence-electron chi connectivity index (χ1n) is 8.44. The molecule has 0 radical (unpaired) electrons. The number of quaternary nitrogens is 1. The van der Waals surface area contributed by atoms with E-state index in [4.69, 9.17) is 0 Å². The molecule has 0 fully saturated rings. The van der Waals surface area contributed by atoms with E-state index in [0.29, 0.717) is 0 Å². The zero-order valence-corrected chi connectivity index (χ0v) is 16.3. The van der Waals surface area contributed by atoms with Crippen molar-refractivity contribution in [3.8, 4) is 0 Å². The van der Waals surface area contributed by atoms with E-state index >= 15 is 0 Å². The minimum atomic E-state index is -2.72. The predicted molar refractivity (Wildman–Crippen MR) is 110 cm³/mol. The van der Waals surface area contributed by atoms with E-state index in [0.717, 1.165) is 34.0 Å². The smallest absolute Gasteiger partial charge is 0.193 e. The topological polar surface area (TPSA) is 33.5 Å². The van der Waals surface area contributed by atoms with E-state index in [9.17, 15) is 4.57 Å². The van der Waals surface area contributed by atoms with E-state index in [-0.39, 0.29) is 0 Å². The van der Waals surface area contributed by atoms with Crippen LogP contribution in [-0.4, -0.2) is 27.2 Å². The quantitative estimate of drug-likeness (QED) is 0.759. The molecular weight excluding hydrogens is 347 g/mol. The summed E-state index contributed by atoms with van der Waals surface area (Å²) < 4.78 is 13.5. The first kappa shape index (κ1) is 18.2. The molecule has 3 nitrogen and oxygen atoms in total. The molecule has 1 aliphatic rings. The molecule has 0 aromatic heterocycles. The number of hydrogen-bond acceptors (Lipinski definition) is 2. The van der Waals surface area contributed by atoms with Crippen LogP contribution in [0.25, 0.3) is 9.81 Å². The van der Waals surface area contributed by atoms with E-state index in [1.54, 1.807) is 11.8 Å². The molecule has 130 valence electrons.